The van der Waals surface area contributed by atoms with Crippen molar-refractivity contribution in [2.45, 2.75) is 33.4 Å². The van der Waals surface area contributed by atoms with Crippen LogP contribution in [-0.4, -0.2) is 36.4 Å². The van der Waals surface area contributed by atoms with E-state index in [2.05, 4.69) is 5.32 Å². The largest absolute Gasteiger partial charge is 0.484 e. The van der Waals surface area contributed by atoms with E-state index in [9.17, 15) is 9.59 Å². The van der Waals surface area contributed by atoms with E-state index in [-0.39, 0.29) is 25.0 Å². The molecule has 2 aromatic carbocycles. The summed E-state index contributed by atoms with van der Waals surface area (Å²) in [6, 6.07) is 7.94. The Balaban J connectivity index is 2.19. The zero-order valence-electron chi connectivity index (χ0n) is 16.7. The number of halogens is 3. The predicted molar refractivity (Wildman–Crippen MR) is 117 cm³/mol. The number of ether oxygens (including phenoxy) is 1. The van der Waals surface area contributed by atoms with Crippen molar-refractivity contribution in [1.82, 2.24) is 10.2 Å². The van der Waals surface area contributed by atoms with E-state index in [1.165, 1.54) is 11.9 Å². The Labute approximate surface area is 185 Å². The van der Waals surface area contributed by atoms with E-state index in [4.69, 9.17) is 39.5 Å². The monoisotopic (exact) mass is 456 g/mol. The highest BCUT2D eigenvalue weighted by atomic mass is 35.5. The molecule has 8 heteroatoms. The van der Waals surface area contributed by atoms with E-state index < -0.39 is 6.04 Å². The van der Waals surface area contributed by atoms with E-state index in [0.717, 1.165) is 16.7 Å². The Bertz CT molecular complexity index is 895. The van der Waals surface area contributed by atoms with E-state index in [0.29, 0.717) is 20.8 Å². The minimum absolute atomic E-state index is 0.187. The molecule has 156 valence electrons. The van der Waals surface area contributed by atoms with Crippen LogP contribution in [0.15, 0.2) is 30.3 Å². The van der Waals surface area contributed by atoms with Gasteiger partial charge in [0.05, 0.1) is 10.0 Å². The zero-order chi connectivity index (χ0) is 21.7. The quantitative estimate of drug-likeness (QED) is 0.649. The molecule has 0 radical (unpaired) electrons. The first kappa shape index (κ1) is 23.3. The highest BCUT2D eigenvalue weighted by Gasteiger charge is 2.26. The van der Waals surface area contributed by atoms with Gasteiger partial charge >= 0.3 is 0 Å². The van der Waals surface area contributed by atoms with Crippen LogP contribution in [0.5, 0.6) is 5.75 Å². The van der Waals surface area contributed by atoms with Crippen LogP contribution in [0.2, 0.25) is 15.1 Å². The maximum absolute atomic E-state index is 12.9. The lowest BCUT2D eigenvalue weighted by molar-refractivity contribution is -0.142. The van der Waals surface area contributed by atoms with Crippen molar-refractivity contribution >= 4 is 46.6 Å². The molecule has 0 aromatic heterocycles. The third-order valence-electron chi connectivity index (χ3n) is 4.52. The summed E-state index contributed by atoms with van der Waals surface area (Å²) in [4.78, 5) is 26.5. The van der Waals surface area contributed by atoms with Gasteiger partial charge in [0.25, 0.3) is 5.91 Å². The summed E-state index contributed by atoms with van der Waals surface area (Å²) < 4.78 is 5.68. The predicted octanol–water partition coefficient (Wildman–Crippen LogP) is 4.81. The van der Waals surface area contributed by atoms with Crippen LogP contribution in [0.25, 0.3) is 0 Å². The van der Waals surface area contributed by atoms with Crippen molar-refractivity contribution in [2.24, 2.45) is 0 Å². The number of nitrogens with one attached hydrogen (secondary N) is 1. The van der Waals surface area contributed by atoms with Crippen LogP contribution in [0.3, 0.4) is 0 Å². The first-order valence-electron chi connectivity index (χ1n) is 8.98. The molecule has 2 rings (SSSR count). The molecule has 0 saturated heterocycles. The molecule has 2 amide bonds. The molecule has 0 bridgehead atoms. The van der Waals surface area contributed by atoms with Gasteiger partial charge < -0.3 is 15.0 Å². The topological polar surface area (TPSA) is 58.6 Å². The summed E-state index contributed by atoms with van der Waals surface area (Å²) in [5, 5.41) is 4.03. The molecule has 0 saturated carbocycles. The first-order chi connectivity index (χ1) is 13.6. The summed E-state index contributed by atoms with van der Waals surface area (Å²) in [7, 11) is 1.52. The minimum atomic E-state index is -0.695. The summed E-state index contributed by atoms with van der Waals surface area (Å²) in [6.45, 7) is 5.36. The Morgan fingerprint density at radius 3 is 2.24 bits per heavy atom. The fraction of sp³-hybridized carbons (Fsp3) is 0.333. The molecule has 2 aromatic rings. The molecule has 1 N–H and O–H groups in total. The second-order valence-corrected chi connectivity index (χ2v) is 7.91. The number of hydrogen-bond acceptors (Lipinski definition) is 3. The molecule has 1 unspecified atom stereocenters. The summed E-state index contributed by atoms with van der Waals surface area (Å²) in [5.41, 5.74) is 2.47. The van der Waals surface area contributed by atoms with Crippen molar-refractivity contribution in [3.05, 3.63) is 62.1 Å². The summed E-state index contributed by atoms with van der Waals surface area (Å²) >= 11 is 18.2. The third kappa shape index (κ3) is 6.01. The second-order valence-electron chi connectivity index (χ2n) is 6.72. The third-order valence-corrected chi connectivity index (χ3v) is 5.86. The van der Waals surface area contributed by atoms with Gasteiger partial charge in [-0.25, -0.2) is 0 Å². The van der Waals surface area contributed by atoms with Crippen molar-refractivity contribution in [3.8, 4) is 5.75 Å². The molecular weight excluding hydrogens is 435 g/mol. The molecule has 5 nitrogen and oxygen atoms in total. The van der Waals surface area contributed by atoms with Crippen LogP contribution in [-0.2, 0) is 16.1 Å². The highest BCUT2D eigenvalue weighted by molar-refractivity contribution is 6.42. The summed E-state index contributed by atoms with van der Waals surface area (Å²) in [6.07, 6.45) is 0. The van der Waals surface area contributed by atoms with Gasteiger partial charge in [-0.05, 0) is 61.7 Å². The first-order valence-corrected chi connectivity index (χ1v) is 10.1. The molecule has 0 aliphatic rings. The van der Waals surface area contributed by atoms with E-state index in [1.54, 1.807) is 37.3 Å². The Hall–Kier alpha value is -1.95. The Morgan fingerprint density at radius 1 is 1.07 bits per heavy atom. The Kier molecular flexibility index (Phi) is 8.20. The standard InChI is InChI=1S/C21H23Cl3N2O3/c1-12-7-16(8-13(2)20(12)24)29-11-19(27)26(14(3)21(28)25-4)10-15-5-6-17(22)18(23)9-15/h5-9,14H,10-11H2,1-4H3,(H,25,28). The maximum atomic E-state index is 12.9. The zero-order valence-corrected chi connectivity index (χ0v) is 19.0. The van der Waals surface area contributed by atoms with Crippen molar-refractivity contribution in [3.63, 3.8) is 0 Å². The van der Waals surface area contributed by atoms with Crippen LogP contribution >= 0.6 is 34.8 Å². The molecule has 0 heterocycles. The number of amides is 2. The van der Waals surface area contributed by atoms with Crippen molar-refractivity contribution < 1.29 is 14.3 Å². The summed E-state index contributed by atoms with van der Waals surface area (Å²) in [5.74, 6) is -0.0751. The molecular formula is C21H23Cl3N2O3. The fourth-order valence-electron chi connectivity index (χ4n) is 2.84. The SMILES string of the molecule is CNC(=O)C(C)N(Cc1ccc(Cl)c(Cl)c1)C(=O)COc1cc(C)c(Cl)c(C)c1. The van der Waals surface area contributed by atoms with Gasteiger partial charge in [0.2, 0.25) is 5.91 Å². The van der Waals surface area contributed by atoms with Gasteiger partial charge in [-0.1, -0.05) is 40.9 Å². The van der Waals surface area contributed by atoms with Crippen LogP contribution in [0.1, 0.15) is 23.6 Å². The van der Waals surface area contributed by atoms with Gasteiger partial charge in [0.15, 0.2) is 6.61 Å². The van der Waals surface area contributed by atoms with Crippen LogP contribution in [0.4, 0.5) is 0 Å². The number of aryl methyl sites for hydroxylation is 2. The van der Waals surface area contributed by atoms with E-state index in [1.807, 2.05) is 13.8 Å². The van der Waals surface area contributed by atoms with E-state index >= 15 is 0 Å². The molecule has 0 aliphatic carbocycles. The number of carbonyl (C=O) groups excluding carboxylic acids is 2. The van der Waals surface area contributed by atoms with Gasteiger partial charge in [-0.3, -0.25) is 9.59 Å². The number of nitrogens with zero attached hydrogens (tertiary/aromatic N) is 1. The highest BCUT2D eigenvalue weighted by Crippen LogP contribution is 2.26. The molecule has 1 atom stereocenters. The number of carbonyl (C=O) groups is 2. The van der Waals surface area contributed by atoms with Gasteiger partial charge in [-0.2, -0.15) is 0 Å². The lowest BCUT2D eigenvalue weighted by atomic mass is 10.1. The van der Waals surface area contributed by atoms with Crippen molar-refractivity contribution in [2.75, 3.05) is 13.7 Å². The van der Waals surface area contributed by atoms with Gasteiger partial charge in [-0.15, -0.1) is 0 Å². The average molecular weight is 458 g/mol. The maximum Gasteiger partial charge on any atom is 0.261 e. The van der Waals surface area contributed by atoms with Gasteiger partial charge in [0.1, 0.15) is 11.8 Å². The lowest BCUT2D eigenvalue weighted by Gasteiger charge is -2.28. The Morgan fingerprint density at radius 2 is 1.69 bits per heavy atom. The van der Waals surface area contributed by atoms with Crippen molar-refractivity contribution in [1.29, 1.82) is 0 Å². The molecule has 0 fully saturated rings. The smallest absolute Gasteiger partial charge is 0.261 e. The van der Waals surface area contributed by atoms with Gasteiger partial charge in [0, 0.05) is 18.6 Å². The fourth-order valence-corrected chi connectivity index (χ4v) is 3.27. The lowest BCUT2D eigenvalue weighted by Crippen LogP contribution is -2.48. The molecule has 29 heavy (non-hydrogen) atoms. The van der Waals surface area contributed by atoms with Crippen LogP contribution in [0, 0.1) is 13.8 Å². The average Bonchev–Trinajstić information content (AvgIpc) is 2.69. The second kappa shape index (κ2) is 10.2. The minimum Gasteiger partial charge on any atom is -0.484 e. The number of rotatable bonds is 7. The number of likely N-dealkylation sites (N-methyl/N-ethyl adjacent to an activating group) is 1. The number of benzene rings is 2. The normalized spacial score (nSPS) is 11.7. The molecule has 0 spiro atoms. The number of hydrogen-bond donors (Lipinski definition) is 1. The van der Waals surface area contributed by atoms with Crippen LogP contribution < -0.4 is 10.1 Å². The molecule has 0 aliphatic heterocycles.